The number of rotatable bonds is 4. The van der Waals surface area contributed by atoms with Crippen molar-refractivity contribution in [3.05, 3.63) is 102 Å². The van der Waals surface area contributed by atoms with Crippen LogP contribution in [0.3, 0.4) is 0 Å². The van der Waals surface area contributed by atoms with Crippen LogP contribution in [0.2, 0.25) is 0 Å². The second kappa shape index (κ2) is 8.69. The number of benzene rings is 3. The summed E-state index contributed by atoms with van der Waals surface area (Å²) in [5.74, 6) is 0.480. The molecule has 0 unspecified atom stereocenters. The van der Waals surface area contributed by atoms with Gasteiger partial charge >= 0.3 is 0 Å². The first-order valence-electron chi connectivity index (χ1n) is 11.5. The molecule has 1 aliphatic rings. The lowest BCUT2D eigenvalue weighted by molar-refractivity contribution is 0.627. The molecule has 0 fully saturated rings. The van der Waals surface area contributed by atoms with Crippen LogP contribution in [0.25, 0.3) is 28.0 Å². The largest absolute Gasteiger partial charge is 0.270 e. The predicted octanol–water partition coefficient (Wildman–Crippen LogP) is 7.10. The van der Waals surface area contributed by atoms with Gasteiger partial charge in [0.25, 0.3) is 0 Å². The van der Waals surface area contributed by atoms with E-state index in [9.17, 15) is 4.39 Å². The van der Waals surface area contributed by atoms with Gasteiger partial charge in [-0.15, -0.1) is 10.2 Å². The monoisotopic (exact) mass is 466 g/mol. The van der Waals surface area contributed by atoms with Crippen LogP contribution in [0.5, 0.6) is 0 Å². The third kappa shape index (κ3) is 3.68. The molecular weight excluding hydrogens is 443 g/mol. The van der Waals surface area contributed by atoms with E-state index in [1.54, 1.807) is 23.9 Å². The summed E-state index contributed by atoms with van der Waals surface area (Å²) in [6, 6.07) is 24.9. The van der Waals surface area contributed by atoms with E-state index in [0.717, 1.165) is 52.7 Å². The van der Waals surface area contributed by atoms with Gasteiger partial charge in [0.15, 0.2) is 11.0 Å². The van der Waals surface area contributed by atoms with Crippen molar-refractivity contribution in [2.24, 2.45) is 0 Å². The SMILES string of the molecule is Cc1c2c(nc3ccccc13)[C@H](Sc1nnc(-c3ccccc3)n1-c1ccc(F)cc1)CCC2. The van der Waals surface area contributed by atoms with E-state index >= 15 is 0 Å². The van der Waals surface area contributed by atoms with E-state index in [1.165, 1.54) is 28.6 Å². The van der Waals surface area contributed by atoms with Crippen LogP contribution in [-0.4, -0.2) is 19.7 Å². The maximum atomic E-state index is 13.7. The molecule has 2 heterocycles. The number of hydrogen-bond acceptors (Lipinski definition) is 4. The van der Waals surface area contributed by atoms with Gasteiger partial charge in [0, 0.05) is 16.6 Å². The lowest BCUT2D eigenvalue weighted by Gasteiger charge is -2.26. The summed E-state index contributed by atoms with van der Waals surface area (Å²) in [5.41, 5.74) is 6.69. The maximum absolute atomic E-state index is 13.7. The highest BCUT2D eigenvalue weighted by atomic mass is 32.2. The van der Waals surface area contributed by atoms with E-state index < -0.39 is 0 Å². The number of nitrogens with zero attached hydrogens (tertiary/aromatic N) is 4. The molecule has 1 atom stereocenters. The molecule has 1 aliphatic carbocycles. The fourth-order valence-corrected chi connectivity index (χ4v) is 6.04. The van der Waals surface area contributed by atoms with Crippen LogP contribution in [0.15, 0.2) is 84.0 Å². The molecule has 0 N–H and O–H groups in total. The average molecular weight is 467 g/mol. The number of pyridine rings is 1. The molecular formula is C28H23FN4S. The smallest absolute Gasteiger partial charge is 0.196 e. The highest BCUT2D eigenvalue weighted by Crippen LogP contribution is 2.45. The number of aryl methyl sites for hydroxylation is 1. The van der Waals surface area contributed by atoms with Crippen molar-refractivity contribution < 1.29 is 4.39 Å². The Balaban J connectivity index is 1.46. The maximum Gasteiger partial charge on any atom is 0.196 e. The highest BCUT2D eigenvalue weighted by Gasteiger charge is 2.28. The summed E-state index contributed by atoms with van der Waals surface area (Å²) in [5, 5.41) is 11.3. The summed E-state index contributed by atoms with van der Waals surface area (Å²) >= 11 is 1.70. The standard InChI is InChI=1S/C28H23FN4S/c1-18-22-10-5-6-12-24(22)30-26-23(18)11-7-13-25(26)34-28-32-31-27(19-8-3-2-4-9-19)33(28)21-16-14-20(29)15-17-21/h2-6,8-10,12,14-17,25H,7,11,13H2,1H3/t25-/m1/s1. The molecule has 0 amide bonds. The molecule has 6 heteroatoms. The zero-order chi connectivity index (χ0) is 23.1. The molecule has 168 valence electrons. The van der Waals surface area contributed by atoms with E-state index in [1.807, 2.05) is 41.0 Å². The summed E-state index contributed by atoms with van der Waals surface area (Å²) in [7, 11) is 0. The lowest BCUT2D eigenvalue weighted by Crippen LogP contribution is -2.13. The number of thioether (sulfide) groups is 1. The van der Waals surface area contributed by atoms with Crippen LogP contribution in [0.1, 0.15) is 34.9 Å². The zero-order valence-corrected chi connectivity index (χ0v) is 19.6. The Morgan fingerprint density at radius 3 is 2.50 bits per heavy atom. The predicted molar refractivity (Wildman–Crippen MR) is 135 cm³/mol. The number of para-hydroxylation sites is 1. The van der Waals surface area contributed by atoms with Gasteiger partial charge in [-0.1, -0.05) is 60.3 Å². The van der Waals surface area contributed by atoms with Crippen LogP contribution >= 0.6 is 11.8 Å². The molecule has 5 aromatic rings. The molecule has 3 aromatic carbocycles. The Hall–Kier alpha value is -3.51. The normalized spacial score (nSPS) is 15.4. The number of aromatic nitrogens is 4. The van der Waals surface area contributed by atoms with Crippen molar-refractivity contribution in [1.82, 2.24) is 19.7 Å². The Labute approximate surface area is 201 Å². The summed E-state index contributed by atoms with van der Waals surface area (Å²) < 4.78 is 15.7. The minimum absolute atomic E-state index is 0.180. The van der Waals surface area contributed by atoms with E-state index in [4.69, 9.17) is 4.98 Å². The van der Waals surface area contributed by atoms with Gasteiger partial charge in [-0.05, 0) is 67.6 Å². The molecule has 0 saturated carbocycles. The van der Waals surface area contributed by atoms with E-state index in [2.05, 4.69) is 35.3 Å². The first kappa shape index (κ1) is 21.1. The minimum atomic E-state index is -0.264. The molecule has 2 aromatic heterocycles. The molecule has 34 heavy (non-hydrogen) atoms. The second-order valence-electron chi connectivity index (χ2n) is 8.60. The van der Waals surface area contributed by atoms with E-state index in [0.29, 0.717) is 0 Å². The summed E-state index contributed by atoms with van der Waals surface area (Å²) in [4.78, 5) is 5.11. The van der Waals surface area contributed by atoms with Crippen molar-refractivity contribution in [1.29, 1.82) is 0 Å². The fraction of sp³-hybridized carbons (Fsp3) is 0.179. The molecule has 0 saturated heterocycles. The first-order chi connectivity index (χ1) is 16.7. The second-order valence-corrected chi connectivity index (χ2v) is 9.77. The van der Waals surface area contributed by atoms with Crippen LogP contribution in [-0.2, 0) is 6.42 Å². The van der Waals surface area contributed by atoms with Gasteiger partial charge in [0.1, 0.15) is 5.82 Å². The summed E-state index contributed by atoms with van der Waals surface area (Å²) in [6.07, 6.45) is 3.19. The average Bonchev–Trinajstić information content (AvgIpc) is 3.29. The van der Waals surface area contributed by atoms with Gasteiger partial charge < -0.3 is 0 Å². The van der Waals surface area contributed by atoms with Crippen LogP contribution in [0.4, 0.5) is 4.39 Å². The third-order valence-corrected chi connectivity index (χ3v) is 7.73. The van der Waals surface area contributed by atoms with Gasteiger partial charge in [-0.2, -0.15) is 0 Å². The van der Waals surface area contributed by atoms with Crippen molar-refractivity contribution in [3.63, 3.8) is 0 Å². The molecule has 0 spiro atoms. The quantitative estimate of drug-likeness (QED) is 0.283. The van der Waals surface area contributed by atoms with Crippen molar-refractivity contribution >= 4 is 22.7 Å². The Morgan fingerprint density at radius 1 is 0.912 bits per heavy atom. The van der Waals surface area contributed by atoms with Crippen molar-refractivity contribution in [3.8, 4) is 17.1 Å². The van der Waals surface area contributed by atoms with Gasteiger partial charge in [0.2, 0.25) is 0 Å². The van der Waals surface area contributed by atoms with Gasteiger partial charge in [-0.25, -0.2) is 4.39 Å². The van der Waals surface area contributed by atoms with Crippen LogP contribution in [0, 0.1) is 12.7 Å². The fourth-order valence-electron chi connectivity index (χ4n) is 4.81. The number of halogens is 1. The third-order valence-electron chi connectivity index (χ3n) is 6.51. The number of fused-ring (bicyclic) bond motifs is 2. The van der Waals surface area contributed by atoms with E-state index in [-0.39, 0.29) is 11.1 Å². The Kier molecular flexibility index (Phi) is 5.38. The first-order valence-corrected chi connectivity index (χ1v) is 12.4. The van der Waals surface area contributed by atoms with Gasteiger partial charge in [0.05, 0.1) is 16.5 Å². The highest BCUT2D eigenvalue weighted by molar-refractivity contribution is 7.99. The van der Waals surface area contributed by atoms with Gasteiger partial charge in [-0.3, -0.25) is 9.55 Å². The molecule has 0 aliphatic heterocycles. The lowest BCUT2D eigenvalue weighted by atomic mass is 9.90. The zero-order valence-electron chi connectivity index (χ0n) is 18.8. The summed E-state index contributed by atoms with van der Waals surface area (Å²) in [6.45, 7) is 2.21. The molecule has 4 nitrogen and oxygen atoms in total. The topological polar surface area (TPSA) is 43.6 Å². The molecule has 0 radical (unpaired) electrons. The van der Waals surface area contributed by atoms with Crippen molar-refractivity contribution in [2.75, 3.05) is 0 Å². The minimum Gasteiger partial charge on any atom is -0.270 e. The molecule has 6 rings (SSSR count). The Morgan fingerprint density at radius 2 is 1.68 bits per heavy atom. The number of hydrogen-bond donors (Lipinski definition) is 0. The Bertz CT molecular complexity index is 1480. The van der Waals surface area contributed by atoms with Crippen molar-refractivity contribution in [2.45, 2.75) is 36.6 Å². The van der Waals surface area contributed by atoms with Crippen LogP contribution < -0.4 is 0 Å². The molecule has 0 bridgehead atoms.